The first-order valence-corrected chi connectivity index (χ1v) is 6.33. The molecule has 0 aliphatic carbocycles. The summed E-state index contributed by atoms with van der Waals surface area (Å²) in [5.41, 5.74) is 0.763. The van der Waals surface area contributed by atoms with Crippen LogP contribution in [0.3, 0.4) is 0 Å². The average Bonchev–Trinajstić information content (AvgIpc) is 2.28. The van der Waals surface area contributed by atoms with Crippen LogP contribution in [0.5, 0.6) is 0 Å². The molecule has 0 fully saturated rings. The van der Waals surface area contributed by atoms with Crippen molar-refractivity contribution in [3.63, 3.8) is 0 Å². The highest BCUT2D eigenvalue weighted by Gasteiger charge is 2.33. The van der Waals surface area contributed by atoms with Crippen LogP contribution in [0.4, 0.5) is 5.69 Å². The van der Waals surface area contributed by atoms with Crippen LogP contribution in [0.15, 0.2) is 18.2 Å². The third kappa shape index (κ3) is 2.27. The fourth-order valence-corrected chi connectivity index (χ4v) is 2.22. The van der Waals surface area contributed by atoms with Gasteiger partial charge in [-0.05, 0) is 18.2 Å². The van der Waals surface area contributed by atoms with Gasteiger partial charge in [0.05, 0.1) is 5.69 Å². The Morgan fingerprint density at radius 2 is 2.00 bits per heavy atom. The van der Waals surface area contributed by atoms with Crippen molar-refractivity contribution in [2.45, 2.75) is 27.2 Å². The molecule has 0 unspecified atom stereocenters. The minimum Gasteiger partial charge on any atom is -0.311 e. The van der Waals surface area contributed by atoms with Crippen LogP contribution in [0, 0.1) is 5.41 Å². The Morgan fingerprint density at radius 1 is 1.33 bits per heavy atom. The molecule has 0 N–H and O–H groups in total. The number of nitrogens with zero attached hydrogens (tertiary/aromatic N) is 1. The van der Waals surface area contributed by atoms with Gasteiger partial charge in [0.1, 0.15) is 0 Å². The van der Waals surface area contributed by atoms with Crippen LogP contribution in [0.25, 0.3) is 0 Å². The molecular weight excluding hydrogens is 250 g/mol. The van der Waals surface area contributed by atoms with Crippen molar-refractivity contribution in [2.75, 3.05) is 11.4 Å². The van der Waals surface area contributed by atoms with Crippen molar-refractivity contribution < 1.29 is 9.59 Å². The summed E-state index contributed by atoms with van der Waals surface area (Å²) in [6.07, 6.45) is 0.356. The van der Waals surface area contributed by atoms with Crippen molar-refractivity contribution in [3.8, 4) is 0 Å². The minimum atomic E-state index is -0.461. The van der Waals surface area contributed by atoms with E-state index >= 15 is 0 Å². The normalized spacial score (nSPS) is 15.6. The number of amides is 1. The number of carbonyl (C=O) groups is 2. The predicted octanol–water partition coefficient (Wildman–Crippen LogP) is 3.31. The zero-order chi connectivity index (χ0) is 13.5. The molecule has 0 saturated carbocycles. The Balaban J connectivity index is 2.47. The summed E-state index contributed by atoms with van der Waals surface area (Å²) in [5, 5.41) is 0.521. The largest absolute Gasteiger partial charge is 0.311 e. The highest BCUT2D eigenvalue weighted by Crippen LogP contribution is 2.32. The SMILES string of the molecule is CC(C)(C)C(=O)N1CCC(=O)c2cc(Cl)ccc21. The molecule has 0 bridgehead atoms. The van der Waals surface area contributed by atoms with Crippen LogP contribution in [-0.2, 0) is 4.79 Å². The second-order valence-corrected chi connectivity index (χ2v) is 5.98. The second-order valence-electron chi connectivity index (χ2n) is 5.54. The van der Waals surface area contributed by atoms with E-state index in [4.69, 9.17) is 11.6 Å². The maximum Gasteiger partial charge on any atom is 0.232 e. The predicted molar refractivity (Wildman–Crippen MR) is 72.2 cm³/mol. The van der Waals surface area contributed by atoms with E-state index in [2.05, 4.69) is 0 Å². The van der Waals surface area contributed by atoms with Gasteiger partial charge in [0, 0.05) is 29.0 Å². The lowest BCUT2D eigenvalue weighted by Crippen LogP contribution is -2.43. The number of carbonyl (C=O) groups excluding carboxylic acids is 2. The first-order valence-electron chi connectivity index (χ1n) is 5.95. The van der Waals surface area contributed by atoms with E-state index in [1.807, 2.05) is 20.8 Å². The summed E-state index contributed by atoms with van der Waals surface area (Å²) in [4.78, 5) is 25.9. The quantitative estimate of drug-likeness (QED) is 0.722. The number of rotatable bonds is 0. The van der Waals surface area contributed by atoms with E-state index in [1.165, 1.54) is 0 Å². The highest BCUT2D eigenvalue weighted by atomic mass is 35.5. The van der Waals surface area contributed by atoms with E-state index in [0.717, 1.165) is 0 Å². The van der Waals surface area contributed by atoms with Gasteiger partial charge in [0.25, 0.3) is 0 Å². The monoisotopic (exact) mass is 265 g/mol. The number of Topliss-reactive ketones (excluding diaryl/α,β-unsaturated/α-hetero) is 1. The zero-order valence-electron chi connectivity index (χ0n) is 10.8. The number of benzene rings is 1. The Hall–Kier alpha value is -1.35. The van der Waals surface area contributed by atoms with Crippen LogP contribution in [-0.4, -0.2) is 18.2 Å². The van der Waals surface area contributed by atoms with Gasteiger partial charge in [-0.3, -0.25) is 9.59 Å². The summed E-state index contributed by atoms with van der Waals surface area (Å²) in [6.45, 7) is 6.08. The smallest absolute Gasteiger partial charge is 0.232 e. The summed E-state index contributed by atoms with van der Waals surface area (Å²) in [6, 6.07) is 5.10. The molecule has 0 aromatic heterocycles. The molecule has 1 aromatic rings. The molecule has 1 aliphatic rings. The molecule has 1 aliphatic heterocycles. The molecule has 1 amide bonds. The molecule has 18 heavy (non-hydrogen) atoms. The Morgan fingerprint density at radius 3 is 2.61 bits per heavy atom. The molecule has 0 radical (unpaired) electrons. The summed E-state index contributed by atoms with van der Waals surface area (Å²) in [7, 11) is 0. The van der Waals surface area contributed by atoms with Crippen molar-refractivity contribution in [2.24, 2.45) is 5.41 Å². The van der Waals surface area contributed by atoms with Gasteiger partial charge in [-0.1, -0.05) is 32.4 Å². The molecule has 3 nitrogen and oxygen atoms in total. The molecule has 1 heterocycles. The van der Waals surface area contributed by atoms with Gasteiger partial charge in [0.2, 0.25) is 5.91 Å². The molecule has 0 saturated heterocycles. The highest BCUT2D eigenvalue weighted by molar-refractivity contribution is 6.31. The Kier molecular flexibility index (Phi) is 3.20. The van der Waals surface area contributed by atoms with Crippen molar-refractivity contribution in [1.29, 1.82) is 0 Å². The van der Waals surface area contributed by atoms with Gasteiger partial charge in [-0.25, -0.2) is 0 Å². The van der Waals surface area contributed by atoms with Crippen LogP contribution >= 0.6 is 11.6 Å². The number of hydrogen-bond donors (Lipinski definition) is 0. The lowest BCUT2D eigenvalue weighted by atomic mass is 9.92. The first-order chi connectivity index (χ1) is 8.30. The van der Waals surface area contributed by atoms with Crippen molar-refractivity contribution in [1.82, 2.24) is 0 Å². The molecular formula is C14H16ClNO2. The minimum absolute atomic E-state index is 0.0265. The zero-order valence-corrected chi connectivity index (χ0v) is 11.5. The van der Waals surface area contributed by atoms with Gasteiger partial charge in [-0.2, -0.15) is 0 Å². The number of ketones is 1. The van der Waals surface area contributed by atoms with E-state index < -0.39 is 5.41 Å². The topological polar surface area (TPSA) is 37.4 Å². The fourth-order valence-electron chi connectivity index (χ4n) is 2.05. The van der Waals surface area contributed by atoms with Gasteiger partial charge < -0.3 is 4.90 Å². The van der Waals surface area contributed by atoms with E-state index in [-0.39, 0.29) is 11.7 Å². The van der Waals surface area contributed by atoms with E-state index in [0.29, 0.717) is 29.2 Å². The number of hydrogen-bond acceptors (Lipinski definition) is 2. The molecule has 2 rings (SSSR count). The number of anilines is 1. The Bertz CT molecular complexity index is 517. The molecule has 1 aromatic carbocycles. The summed E-state index contributed by atoms with van der Waals surface area (Å²) in [5.74, 6) is 0.0732. The molecule has 96 valence electrons. The maximum absolute atomic E-state index is 12.4. The average molecular weight is 266 g/mol. The van der Waals surface area contributed by atoms with Gasteiger partial charge in [0.15, 0.2) is 5.78 Å². The number of halogens is 1. The summed E-state index contributed by atoms with van der Waals surface area (Å²) >= 11 is 5.90. The lowest BCUT2D eigenvalue weighted by molar-refractivity contribution is -0.125. The van der Waals surface area contributed by atoms with Crippen LogP contribution in [0.2, 0.25) is 5.02 Å². The van der Waals surface area contributed by atoms with Crippen LogP contribution < -0.4 is 4.90 Å². The van der Waals surface area contributed by atoms with E-state index in [1.54, 1.807) is 23.1 Å². The first kappa shape index (κ1) is 13.1. The maximum atomic E-state index is 12.4. The molecule has 0 atom stereocenters. The third-order valence-corrected chi connectivity index (χ3v) is 3.23. The van der Waals surface area contributed by atoms with Gasteiger partial charge >= 0.3 is 0 Å². The van der Waals surface area contributed by atoms with Crippen LogP contribution in [0.1, 0.15) is 37.6 Å². The molecule has 0 spiro atoms. The third-order valence-electron chi connectivity index (χ3n) is 3.00. The number of fused-ring (bicyclic) bond motifs is 1. The van der Waals surface area contributed by atoms with Gasteiger partial charge in [-0.15, -0.1) is 0 Å². The van der Waals surface area contributed by atoms with Crippen molar-refractivity contribution >= 4 is 29.0 Å². The van der Waals surface area contributed by atoms with E-state index in [9.17, 15) is 9.59 Å². The summed E-state index contributed by atoms with van der Waals surface area (Å²) < 4.78 is 0. The Labute approximate surface area is 112 Å². The second kappa shape index (κ2) is 4.39. The fraction of sp³-hybridized carbons (Fsp3) is 0.429. The lowest BCUT2D eigenvalue weighted by Gasteiger charge is -2.33. The van der Waals surface area contributed by atoms with Crippen molar-refractivity contribution in [3.05, 3.63) is 28.8 Å². The molecule has 4 heteroatoms. The standard InChI is InChI=1S/C14H16ClNO2/c1-14(2,3)13(18)16-7-6-12(17)10-8-9(15)4-5-11(10)16/h4-5,8H,6-7H2,1-3H3.